The maximum atomic E-state index is 12.1. The van der Waals surface area contributed by atoms with Crippen molar-refractivity contribution in [2.75, 3.05) is 13.6 Å². The van der Waals surface area contributed by atoms with Crippen LogP contribution in [0.15, 0.2) is 24.3 Å². The van der Waals surface area contributed by atoms with Gasteiger partial charge in [0.25, 0.3) is 5.91 Å². The van der Waals surface area contributed by atoms with Gasteiger partial charge in [0, 0.05) is 25.2 Å². The Hall–Kier alpha value is -1.76. The molecule has 1 aromatic carbocycles. The predicted molar refractivity (Wildman–Crippen MR) is 63.7 cm³/mol. The summed E-state index contributed by atoms with van der Waals surface area (Å²) >= 11 is 0. The van der Waals surface area contributed by atoms with Gasteiger partial charge in [-0.2, -0.15) is 0 Å². The fraction of sp³-hybridized carbons (Fsp3) is 0.417. The van der Waals surface area contributed by atoms with E-state index in [0.717, 1.165) is 12.1 Å². The number of nitrogens with zero attached hydrogens (tertiary/aromatic N) is 1. The van der Waals surface area contributed by atoms with Crippen molar-refractivity contribution in [1.29, 1.82) is 0 Å². The van der Waals surface area contributed by atoms with E-state index in [1.807, 2.05) is 0 Å². The van der Waals surface area contributed by atoms with Crippen LogP contribution in [0, 0.1) is 0 Å². The number of ether oxygens (including phenoxy) is 1. The van der Waals surface area contributed by atoms with Gasteiger partial charge in [-0.05, 0) is 25.1 Å². The zero-order valence-corrected chi connectivity index (χ0v) is 10.6. The van der Waals surface area contributed by atoms with Gasteiger partial charge in [-0.25, -0.2) is 0 Å². The number of nitrogens with two attached hydrogens (primary N) is 1. The third-order valence-electron chi connectivity index (χ3n) is 2.64. The Bertz CT molecular complexity index is 449. The highest BCUT2D eigenvalue weighted by Gasteiger charge is 2.31. The molecule has 19 heavy (non-hydrogen) atoms. The van der Waals surface area contributed by atoms with Crippen LogP contribution in [-0.2, 0) is 0 Å². The SMILES string of the molecule is CC(CN)N(C)C(=O)c1cccc(OC(F)(F)F)c1. The van der Waals surface area contributed by atoms with Gasteiger partial charge in [0.05, 0.1) is 0 Å². The van der Waals surface area contributed by atoms with Gasteiger partial charge in [0.2, 0.25) is 0 Å². The number of alkyl halides is 3. The molecule has 0 heterocycles. The fourth-order valence-corrected chi connectivity index (χ4v) is 1.39. The standard InChI is InChI=1S/C12H15F3N2O2/c1-8(7-16)17(2)11(18)9-4-3-5-10(6-9)19-12(13,14)15/h3-6,8H,7,16H2,1-2H3. The Morgan fingerprint density at radius 2 is 2.11 bits per heavy atom. The van der Waals surface area contributed by atoms with Crippen LogP contribution in [0.2, 0.25) is 0 Å². The molecule has 0 bridgehead atoms. The Labute approximate surface area is 108 Å². The predicted octanol–water partition coefficient (Wildman–Crippen LogP) is 2.00. The first-order valence-electron chi connectivity index (χ1n) is 5.57. The number of carbonyl (C=O) groups excluding carboxylic acids is 1. The number of rotatable bonds is 4. The summed E-state index contributed by atoms with van der Waals surface area (Å²) < 4.78 is 40.0. The van der Waals surface area contributed by atoms with Crippen LogP contribution >= 0.6 is 0 Å². The highest BCUT2D eigenvalue weighted by atomic mass is 19.4. The lowest BCUT2D eigenvalue weighted by atomic mass is 10.1. The lowest BCUT2D eigenvalue weighted by Crippen LogP contribution is -2.39. The van der Waals surface area contributed by atoms with Gasteiger partial charge in [0.1, 0.15) is 5.75 Å². The van der Waals surface area contributed by atoms with Crippen molar-refractivity contribution in [2.24, 2.45) is 5.73 Å². The second kappa shape index (κ2) is 5.92. The third kappa shape index (κ3) is 4.44. The number of hydrogen-bond acceptors (Lipinski definition) is 3. The van der Waals surface area contributed by atoms with Crippen LogP contribution in [-0.4, -0.2) is 36.8 Å². The first-order valence-corrected chi connectivity index (χ1v) is 5.57. The summed E-state index contributed by atoms with van der Waals surface area (Å²) in [5.74, 6) is -0.835. The minimum Gasteiger partial charge on any atom is -0.406 e. The molecule has 4 nitrogen and oxygen atoms in total. The van der Waals surface area contributed by atoms with Gasteiger partial charge >= 0.3 is 6.36 Å². The summed E-state index contributed by atoms with van der Waals surface area (Å²) in [5.41, 5.74) is 5.55. The minimum absolute atomic E-state index is 0.115. The summed E-state index contributed by atoms with van der Waals surface area (Å²) in [5, 5.41) is 0. The molecule has 1 amide bonds. The van der Waals surface area contributed by atoms with Gasteiger partial charge in [0.15, 0.2) is 0 Å². The molecule has 1 aromatic rings. The van der Waals surface area contributed by atoms with Crippen LogP contribution in [0.4, 0.5) is 13.2 Å². The molecule has 0 aliphatic rings. The van der Waals surface area contributed by atoms with Crippen molar-refractivity contribution in [1.82, 2.24) is 4.90 Å². The number of halogens is 3. The van der Waals surface area contributed by atoms with E-state index in [0.29, 0.717) is 0 Å². The fourth-order valence-electron chi connectivity index (χ4n) is 1.39. The largest absolute Gasteiger partial charge is 0.573 e. The normalized spacial score (nSPS) is 12.9. The van der Waals surface area contributed by atoms with E-state index in [2.05, 4.69) is 4.74 Å². The third-order valence-corrected chi connectivity index (χ3v) is 2.64. The highest BCUT2D eigenvalue weighted by Crippen LogP contribution is 2.23. The number of likely N-dealkylation sites (N-methyl/N-ethyl adjacent to an activating group) is 1. The maximum Gasteiger partial charge on any atom is 0.573 e. The molecule has 7 heteroatoms. The molecule has 0 aliphatic heterocycles. The number of amides is 1. The highest BCUT2D eigenvalue weighted by molar-refractivity contribution is 5.94. The van der Waals surface area contributed by atoms with Crippen molar-refractivity contribution in [3.8, 4) is 5.75 Å². The molecule has 1 atom stereocenters. The molecule has 1 rings (SSSR count). The molecule has 1 unspecified atom stereocenters. The molecule has 106 valence electrons. The molecule has 0 saturated heterocycles. The van der Waals surface area contributed by atoms with Gasteiger partial charge in [-0.1, -0.05) is 6.07 Å². The van der Waals surface area contributed by atoms with Gasteiger partial charge < -0.3 is 15.4 Å². The minimum atomic E-state index is -4.78. The Kier molecular flexibility index (Phi) is 4.77. The second-order valence-corrected chi connectivity index (χ2v) is 4.08. The Balaban J connectivity index is 2.90. The Morgan fingerprint density at radius 1 is 1.47 bits per heavy atom. The lowest BCUT2D eigenvalue weighted by Gasteiger charge is -2.23. The Morgan fingerprint density at radius 3 is 2.63 bits per heavy atom. The summed E-state index contributed by atoms with van der Waals surface area (Å²) in [6.45, 7) is 2.01. The summed E-state index contributed by atoms with van der Waals surface area (Å²) in [7, 11) is 1.54. The lowest BCUT2D eigenvalue weighted by molar-refractivity contribution is -0.274. The number of hydrogen-bond donors (Lipinski definition) is 1. The second-order valence-electron chi connectivity index (χ2n) is 4.08. The molecule has 0 fully saturated rings. The molecule has 0 aromatic heterocycles. The van der Waals surface area contributed by atoms with E-state index in [-0.39, 0.29) is 18.2 Å². The maximum absolute atomic E-state index is 12.1. The van der Waals surface area contributed by atoms with Crippen LogP contribution < -0.4 is 10.5 Å². The molecule has 2 N–H and O–H groups in total. The van der Waals surface area contributed by atoms with Crippen molar-refractivity contribution < 1.29 is 22.7 Å². The van der Waals surface area contributed by atoms with E-state index in [4.69, 9.17) is 5.73 Å². The van der Waals surface area contributed by atoms with Gasteiger partial charge in [-0.15, -0.1) is 13.2 Å². The van der Waals surface area contributed by atoms with E-state index in [9.17, 15) is 18.0 Å². The van der Waals surface area contributed by atoms with Crippen molar-refractivity contribution in [3.63, 3.8) is 0 Å². The molecule has 0 saturated carbocycles. The van der Waals surface area contributed by atoms with E-state index in [1.165, 1.54) is 24.1 Å². The smallest absolute Gasteiger partial charge is 0.406 e. The van der Waals surface area contributed by atoms with Crippen molar-refractivity contribution in [3.05, 3.63) is 29.8 Å². The average Bonchev–Trinajstić information content (AvgIpc) is 2.34. The van der Waals surface area contributed by atoms with Crippen LogP contribution in [0.1, 0.15) is 17.3 Å². The van der Waals surface area contributed by atoms with Crippen molar-refractivity contribution in [2.45, 2.75) is 19.3 Å². The van der Waals surface area contributed by atoms with Crippen LogP contribution in [0.25, 0.3) is 0 Å². The summed E-state index contributed by atoms with van der Waals surface area (Å²) in [4.78, 5) is 13.4. The molecule has 0 spiro atoms. The summed E-state index contributed by atoms with van der Waals surface area (Å²) in [6.07, 6.45) is -4.78. The molecular formula is C12H15F3N2O2. The van der Waals surface area contributed by atoms with Crippen LogP contribution in [0.3, 0.4) is 0 Å². The molecular weight excluding hydrogens is 261 g/mol. The quantitative estimate of drug-likeness (QED) is 0.915. The van der Waals surface area contributed by atoms with E-state index < -0.39 is 18.0 Å². The average molecular weight is 276 g/mol. The first-order chi connectivity index (χ1) is 8.74. The zero-order chi connectivity index (χ0) is 14.6. The van der Waals surface area contributed by atoms with Gasteiger partial charge in [-0.3, -0.25) is 4.79 Å². The van der Waals surface area contributed by atoms with E-state index >= 15 is 0 Å². The van der Waals surface area contributed by atoms with Crippen LogP contribution in [0.5, 0.6) is 5.75 Å². The molecule has 0 aliphatic carbocycles. The first kappa shape index (κ1) is 15.3. The zero-order valence-electron chi connectivity index (χ0n) is 10.6. The van der Waals surface area contributed by atoms with E-state index in [1.54, 1.807) is 6.92 Å². The topological polar surface area (TPSA) is 55.6 Å². The van der Waals surface area contributed by atoms with Crippen molar-refractivity contribution >= 4 is 5.91 Å². The summed E-state index contributed by atoms with van der Waals surface area (Å²) in [6, 6.07) is 4.73. The molecule has 0 radical (unpaired) electrons. The monoisotopic (exact) mass is 276 g/mol. The number of carbonyl (C=O) groups is 1. The number of benzene rings is 1.